The third-order valence-electron chi connectivity index (χ3n) is 1.70. The Bertz CT molecular complexity index is 225. The zero-order chi connectivity index (χ0) is 12.0. The number of rotatable bonds is 5. The molecule has 0 bridgehead atoms. The molecule has 3 N–H and O–H groups in total. The highest BCUT2D eigenvalue weighted by molar-refractivity contribution is 5.88. The molecule has 0 aromatic heterocycles. The Morgan fingerprint density at radius 1 is 1.33 bits per heavy atom. The number of hydrogen-bond acceptors (Lipinski definition) is 5. The van der Waals surface area contributed by atoms with Gasteiger partial charge in [-0.2, -0.15) is 0 Å². The third-order valence-corrected chi connectivity index (χ3v) is 1.70. The van der Waals surface area contributed by atoms with Gasteiger partial charge in [-0.1, -0.05) is 13.8 Å². The van der Waals surface area contributed by atoms with Crippen LogP contribution in [0.15, 0.2) is 0 Å². The second kappa shape index (κ2) is 6.53. The van der Waals surface area contributed by atoms with E-state index in [1.54, 1.807) is 0 Å². The topological polar surface area (TPSA) is 89.6 Å². The molecule has 0 aliphatic heterocycles. The summed E-state index contributed by atoms with van der Waals surface area (Å²) in [5.41, 5.74) is 5.51. The molecular weight excluding hydrogens is 198 g/mol. The average Bonchev–Trinajstić information content (AvgIpc) is 2.00. The standard InChI is InChI=1S/C10H19NO4/c1-6(2)4-8(11)10(14)15-9(13)5-7(3)12/h6-8,12H,4-5,11H2,1-3H3/t7?,8-/m0/s1. The van der Waals surface area contributed by atoms with E-state index in [-0.39, 0.29) is 12.3 Å². The molecule has 88 valence electrons. The van der Waals surface area contributed by atoms with Crippen LogP contribution in [0.3, 0.4) is 0 Å². The lowest BCUT2D eigenvalue weighted by Crippen LogP contribution is -2.35. The number of aliphatic hydroxyl groups excluding tert-OH is 1. The molecule has 0 amide bonds. The lowest BCUT2D eigenvalue weighted by Gasteiger charge is -2.12. The molecule has 0 fully saturated rings. The Hall–Kier alpha value is -0.940. The molecule has 0 rings (SSSR count). The average molecular weight is 217 g/mol. The largest absolute Gasteiger partial charge is 0.393 e. The minimum absolute atomic E-state index is 0.194. The van der Waals surface area contributed by atoms with Gasteiger partial charge in [-0.05, 0) is 19.3 Å². The normalized spacial score (nSPS) is 14.8. The summed E-state index contributed by atoms with van der Waals surface area (Å²) in [7, 11) is 0. The molecule has 0 saturated carbocycles. The van der Waals surface area contributed by atoms with Crippen molar-refractivity contribution in [1.82, 2.24) is 0 Å². The van der Waals surface area contributed by atoms with E-state index in [9.17, 15) is 9.59 Å². The van der Waals surface area contributed by atoms with E-state index in [4.69, 9.17) is 10.8 Å². The zero-order valence-corrected chi connectivity index (χ0v) is 9.40. The van der Waals surface area contributed by atoms with Gasteiger partial charge in [-0.3, -0.25) is 4.79 Å². The first-order valence-corrected chi connectivity index (χ1v) is 5.01. The first-order valence-electron chi connectivity index (χ1n) is 5.01. The van der Waals surface area contributed by atoms with Crippen molar-refractivity contribution in [3.05, 3.63) is 0 Å². The van der Waals surface area contributed by atoms with Gasteiger partial charge in [0.15, 0.2) is 0 Å². The van der Waals surface area contributed by atoms with E-state index < -0.39 is 24.1 Å². The van der Waals surface area contributed by atoms with Gasteiger partial charge < -0.3 is 15.6 Å². The molecular formula is C10H19NO4. The Morgan fingerprint density at radius 3 is 2.27 bits per heavy atom. The summed E-state index contributed by atoms with van der Waals surface area (Å²) in [6, 6.07) is -0.775. The fourth-order valence-electron chi connectivity index (χ4n) is 1.07. The van der Waals surface area contributed by atoms with Crippen LogP contribution in [0.4, 0.5) is 0 Å². The Morgan fingerprint density at radius 2 is 1.87 bits per heavy atom. The van der Waals surface area contributed by atoms with Gasteiger partial charge in [-0.25, -0.2) is 4.79 Å². The lowest BCUT2D eigenvalue weighted by molar-refractivity contribution is -0.161. The first kappa shape index (κ1) is 14.1. The van der Waals surface area contributed by atoms with E-state index in [1.165, 1.54) is 6.92 Å². The fourth-order valence-corrected chi connectivity index (χ4v) is 1.07. The number of ether oxygens (including phenoxy) is 1. The first-order chi connectivity index (χ1) is 6.82. The van der Waals surface area contributed by atoms with Crippen molar-refractivity contribution in [2.75, 3.05) is 0 Å². The van der Waals surface area contributed by atoms with Crippen LogP contribution in [0.1, 0.15) is 33.6 Å². The molecule has 1 unspecified atom stereocenters. The summed E-state index contributed by atoms with van der Waals surface area (Å²) in [5.74, 6) is -1.21. The monoisotopic (exact) mass is 217 g/mol. The Labute approximate surface area is 89.6 Å². The van der Waals surface area contributed by atoms with Crippen LogP contribution in [0.2, 0.25) is 0 Å². The minimum Gasteiger partial charge on any atom is -0.393 e. The van der Waals surface area contributed by atoms with Crippen LogP contribution in [-0.2, 0) is 14.3 Å². The number of nitrogens with two attached hydrogens (primary N) is 1. The predicted molar refractivity (Wildman–Crippen MR) is 54.8 cm³/mol. The van der Waals surface area contributed by atoms with Gasteiger partial charge in [0.05, 0.1) is 12.5 Å². The Kier molecular flexibility index (Phi) is 6.12. The lowest BCUT2D eigenvalue weighted by atomic mass is 10.1. The number of carbonyl (C=O) groups excluding carboxylic acids is 2. The van der Waals surface area contributed by atoms with Gasteiger partial charge in [-0.15, -0.1) is 0 Å². The summed E-state index contributed by atoms with van der Waals surface area (Å²) in [6.45, 7) is 5.29. The molecule has 0 saturated heterocycles. The summed E-state index contributed by atoms with van der Waals surface area (Å²) >= 11 is 0. The van der Waals surface area contributed by atoms with Crippen molar-refractivity contribution in [2.45, 2.75) is 45.8 Å². The molecule has 5 nitrogen and oxygen atoms in total. The molecule has 0 aromatic carbocycles. The smallest absolute Gasteiger partial charge is 0.330 e. The van der Waals surface area contributed by atoms with E-state index in [2.05, 4.69) is 4.74 Å². The van der Waals surface area contributed by atoms with Gasteiger partial charge in [0.2, 0.25) is 0 Å². The van der Waals surface area contributed by atoms with Crippen LogP contribution in [-0.4, -0.2) is 29.2 Å². The van der Waals surface area contributed by atoms with E-state index >= 15 is 0 Å². The van der Waals surface area contributed by atoms with Gasteiger partial charge >= 0.3 is 11.9 Å². The van der Waals surface area contributed by atoms with Crippen LogP contribution >= 0.6 is 0 Å². The third kappa shape index (κ3) is 7.04. The number of esters is 2. The second-order valence-electron chi connectivity index (χ2n) is 4.08. The molecule has 0 radical (unpaired) electrons. The van der Waals surface area contributed by atoms with Crippen molar-refractivity contribution in [1.29, 1.82) is 0 Å². The fraction of sp³-hybridized carbons (Fsp3) is 0.800. The summed E-state index contributed by atoms with van der Waals surface area (Å²) < 4.78 is 4.46. The minimum atomic E-state index is -0.813. The summed E-state index contributed by atoms with van der Waals surface area (Å²) in [6.07, 6.45) is -0.535. The van der Waals surface area contributed by atoms with Crippen LogP contribution in [0.25, 0.3) is 0 Å². The maximum absolute atomic E-state index is 11.2. The van der Waals surface area contributed by atoms with E-state index in [0.717, 1.165) is 0 Å². The second-order valence-corrected chi connectivity index (χ2v) is 4.08. The van der Waals surface area contributed by atoms with Crippen LogP contribution in [0.5, 0.6) is 0 Å². The van der Waals surface area contributed by atoms with Crippen molar-refractivity contribution in [3.8, 4) is 0 Å². The zero-order valence-electron chi connectivity index (χ0n) is 9.40. The van der Waals surface area contributed by atoms with Gasteiger partial charge in [0, 0.05) is 0 Å². The molecule has 0 heterocycles. The molecule has 0 aliphatic carbocycles. The van der Waals surface area contributed by atoms with Crippen molar-refractivity contribution >= 4 is 11.9 Å². The summed E-state index contributed by atoms with van der Waals surface area (Å²) in [4.78, 5) is 22.2. The highest BCUT2D eigenvalue weighted by atomic mass is 16.6. The molecule has 5 heteroatoms. The van der Waals surface area contributed by atoms with Crippen molar-refractivity contribution < 1.29 is 19.4 Å². The predicted octanol–water partition coefficient (Wildman–Crippen LogP) is 0.201. The maximum Gasteiger partial charge on any atom is 0.330 e. The molecule has 0 spiro atoms. The maximum atomic E-state index is 11.2. The highest BCUT2D eigenvalue weighted by Crippen LogP contribution is 2.05. The highest BCUT2D eigenvalue weighted by Gasteiger charge is 2.20. The molecule has 15 heavy (non-hydrogen) atoms. The SMILES string of the molecule is CC(C)C[C@H](N)C(=O)OC(=O)CC(C)O. The van der Waals surface area contributed by atoms with Crippen molar-refractivity contribution in [2.24, 2.45) is 11.7 Å². The van der Waals surface area contributed by atoms with Gasteiger partial charge in [0.1, 0.15) is 6.04 Å². The number of hydrogen-bond donors (Lipinski definition) is 2. The quantitative estimate of drug-likeness (QED) is 0.507. The van der Waals surface area contributed by atoms with Crippen molar-refractivity contribution in [3.63, 3.8) is 0 Å². The molecule has 0 aromatic rings. The van der Waals surface area contributed by atoms with Crippen LogP contribution < -0.4 is 5.73 Å². The van der Waals surface area contributed by atoms with Crippen LogP contribution in [0, 0.1) is 5.92 Å². The van der Waals surface area contributed by atoms with E-state index in [0.29, 0.717) is 6.42 Å². The van der Waals surface area contributed by atoms with E-state index in [1.807, 2.05) is 13.8 Å². The van der Waals surface area contributed by atoms with Gasteiger partial charge in [0.25, 0.3) is 0 Å². The summed E-state index contributed by atoms with van der Waals surface area (Å²) in [5, 5.41) is 8.88. The molecule has 0 aliphatic rings. The number of carbonyl (C=O) groups is 2. The number of aliphatic hydroxyl groups is 1. The molecule has 2 atom stereocenters. The Balaban J connectivity index is 3.96.